The van der Waals surface area contributed by atoms with Crippen LogP contribution in [0.3, 0.4) is 0 Å². The van der Waals surface area contributed by atoms with Gasteiger partial charge >= 0.3 is 5.97 Å². The standard InChI is InChI=1S/C67H117NO10/c1-4-7-10-13-16-19-22-25-27-29-30-31-32-33-35-37-40-43-46-49-52-55-62(72)78-65-64(74)63(73)61(56-69)77-67(65)76-57-58(59(70)53-50-47-44-41-38-24-21-18-15-12-9-6-3)68-66(75)60(71)54-51-48-45-42-39-36-34-28-26-23-20-17-14-11-8-5-2/h7,10,16,19,25-28,30-31,33,35,50,53,58-61,63-65,67,69-71,73-74H,4-6,8-9,11-15,17-18,20-24,29,32,34,36-49,51-52,54-57H2,1-3H3,(H,68,75)/b10-7-,19-16-,27-25-,28-26+,31-30-,35-33-,53-50+. The fourth-order valence-electron chi connectivity index (χ4n) is 9.50. The van der Waals surface area contributed by atoms with Gasteiger partial charge in [0.05, 0.1) is 25.4 Å². The minimum atomic E-state index is -1.63. The molecule has 0 bridgehead atoms. The highest BCUT2D eigenvalue weighted by Gasteiger charge is 2.47. The van der Waals surface area contributed by atoms with E-state index in [1.165, 1.54) is 103 Å². The zero-order valence-electron chi connectivity index (χ0n) is 49.8. The second-order valence-electron chi connectivity index (χ2n) is 21.8. The van der Waals surface area contributed by atoms with Crippen molar-refractivity contribution in [3.8, 4) is 0 Å². The van der Waals surface area contributed by atoms with Gasteiger partial charge in [0.25, 0.3) is 0 Å². The van der Waals surface area contributed by atoms with Gasteiger partial charge < -0.3 is 45.1 Å². The molecule has 8 atom stereocenters. The summed E-state index contributed by atoms with van der Waals surface area (Å²) in [5.41, 5.74) is 0. The number of carbonyl (C=O) groups excluding carboxylic acids is 2. The van der Waals surface area contributed by atoms with Crippen molar-refractivity contribution in [3.05, 3.63) is 85.1 Å². The second kappa shape index (κ2) is 54.4. The summed E-state index contributed by atoms with van der Waals surface area (Å²) in [6, 6.07) is -1.03. The molecule has 8 unspecified atom stereocenters. The smallest absolute Gasteiger partial charge is 0.306 e. The zero-order valence-corrected chi connectivity index (χ0v) is 49.8. The van der Waals surface area contributed by atoms with Gasteiger partial charge in [-0.3, -0.25) is 9.59 Å². The summed E-state index contributed by atoms with van der Waals surface area (Å²) in [6.07, 6.45) is 60.4. The molecule has 0 aromatic heterocycles. The summed E-state index contributed by atoms with van der Waals surface area (Å²) >= 11 is 0. The lowest BCUT2D eigenvalue weighted by Gasteiger charge is -2.41. The van der Waals surface area contributed by atoms with Gasteiger partial charge in [-0.05, 0) is 96.3 Å². The monoisotopic (exact) mass is 1100 g/mol. The third-order valence-corrected chi connectivity index (χ3v) is 14.5. The van der Waals surface area contributed by atoms with Crippen LogP contribution in [0.1, 0.15) is 265 Å². The van der Waals surface area contributed by atoms with Crippen molar-refractivity contribution in [2.75, 3.05) is 13.2 Å². The Kier molecular flexibility index (Phi) is 50.8. The number of rotatable bonds is 53. The highest BCUT2D eigenvalue weighted by atomic mass is 16.7. The topological polar surface area (TPSA) is 175 Å². The van der Waals surface area contributed by atoms with Crippen LogP contribution in [0.4, 0.5) is 0 Å². The Bertz CT molecular complexity index is 1590. The van der Waals surface area contributed by atoms with E-state index in [-0.39, 0.29) is 19.4 Å². The average Bonchev–Trinajstić information content (AvgIpc) is 3.45. The molecule has 1 fully saturated rings. The minimum absolute atomic E-state index is 0.0976. The number of aliphatic hydroxyl groups is 5. The number of carbonyl (C=O) groups is 2. The SMILES string of the molecule is CC/C=C\C/C=C\C/C=C\C/C=C\C/C=C\CCCCCCCC(=O)OC1C(OCC(NC(=O)C(O)CCCCCCCC/C=C/CCCCCCCC)C(O)/C=C/CCCCCCCCCCCC)OC(CO)C(O)C1O. The molecule has 0 aromatic rings. The molecule has 1 aliphatic rings. The van der Waals surface area contributed by atoms with Crippen molar-refractivity contribution in [2.24, 2.45) is 0 Å². The Balaban J connectivity index is 2.68. The summed E-state index contributed by atoms with van der Waals surface area (Å²) in [5.74, 6) is -1.22. The molecule has 1 aliphatic heterocycles. The molecule has 1 saturated heterocycles. The lowest BCUT2D eigenvalue weighted by atomic mass is 9.99. The Morgan fingerprint density at radius 1 is 0.513 bits per heavy atom. The molecular formula is C67H117NO10. The number of nitrogens with one attached hydrogen (secondary N) is 1. The van der Waals surface area contributed by atoms with E-state index in [4.69, 9.17) is 14.2 Å². The van der Waals surface area contributed by atoms with Crippen LogP contribution in [0.5, 0.6) is 0 Å². The van der Waals surface area contributed by atoms with Gasteiger partial charge in [-0.15, -0.1) is 0 Å². The molecule has 1 amide bonds. The lowest BCUT2D eigenvalue weighted by molar-refractivity contribution is -0.305. The van der Waals surface area contributed by atoms with Gasteiger partial charge in [-0.25, -0.2) is 0 Å². The van der Waals surface area contributed by atoms with E-state index in [9.17, 15) is 35.1 Å². The fraction of sp³-hybridized carbons (Fsp3) is 0.761. The summed E-state index contributed by atoms with van der Waals surface area (Å²) in [4.78, 5) is 26.6. The van der Waals surface area contributed by atoms with Crippen LogP contribution in [0.2, 0.25) is 0 Å². The summed E-state index contributed by atoms with van der Waals surface area (Å²) < 4.78 is 17.6. The van der Waals surface area contributed by atoms with Crippen molar-refractivity contribution in [1.82, 2.24) is 5.32 Å². The first-order valence-electron chi connectivity index (χ1n) is 31.9. The molecule has 0 aromatic carbocycles. The van der Waals surface area contributed by atoms with Gasteiger partial charge in [-0.2, -0.15) is 0 Å². The Hall–Kier alpha value is -3.16. The van der Waals surface area contributed by atoms with E-state index < -0.39 is 67.4 Å². The van der Waals surface area contributed by atoms with Crippen LogP contribution in [0.15, 0.2) is 85.1 Å². The molecule has 1 rings (SSSR count). The van der Waals surface area contributed by atoms with Gasteiger partial charge in [0.2, 0.25) is 5.91 Å². The van der Waals surface area contributed by atoms with Crippen molar-refractivity contribution < 1.29 is 49.3 Å². The molecule has 78 heavy (non-hydrogen) atoms. The number of ether oxygens (including phenoxy) is 3. The van der Waals surface area contributed by atoms with Crippen LogP contribution < -0.4 is 5.32 Å². The molecular weight excluding hydrogens is 979 g/mol. The normalized spacial score (nSPS) is 19.5. The molecule has 0 saturated carbocycles. The van der Waals surface area contributed by atoms with E-state index in [0.717, 1.165) is 116 Å². The maximum absolute atomic E-state index is 13.4. The first-order valence-corrected chi connectivity index (χ1v) is 31.9. The molecule has 1 heterocycles. The maximum atomic E-state index is 13.4. The van der Waals surface area contributed by atoms with E-state index in [2.05, 4.69) is 99.0 Å². The average molecular weight is 1100 g/mol. The number of unbranched alkanes of at least 4 members (excludes halogenated alkanes) is 27. The number of aliphatic hydroxyl groups excluding tert-OH is 5. The molecule has 6 N–H and O–H groups in total. The largest absolute Gasteiger partial charge is 0.454 e. The summed E-state index contributed by atoms with van der Waals surface area (Å²) in [6.45, 7) is 5.66. The van der Waals surface area contributed by atoms with Gasteiger partial charge in [0.1, 0.15) is 24.4 Å². The van der Waals surface area contributed by atoms with E-state index >= 15 is 0 Å². The fourth-order valence-corrected chi connectivity index (χ4v) is 9.50. The Morgan fingerprint density at radius 2 is 0.923 bits per heavy atom. The Morgan fingerprint density at radius 3 is 1.40 bits per heavy atom. The Labute approximate surface area is 476 Å². The van der Waals surface area contributed by atoms with Crippen LogP contribution in [-0.4, -0.2) is 99.6 Å². The predicted octanol–water partition coefficient (Wildman–Crippen LogP) is 15.3. The van der Waals surface area contributed by atoms with Crippen LogP contribution >= 0.6 is 0 Å². The van der Waals surface area contributed by atoms with E-state index in [1.54, 1.807) is 6.08 Å². The second-order valence-corrected chi connectivity index (χ2v) is 21.8. The first kappa shape index (κ1) is 72.9. The number of esters is 1. The third-order valence-electron chi connectivity index (χ3n) is 14.5. The highest BCUT2D eigenvalue weighted by molar-refractivity contribution is 5.80. The van der Waals surface area contributed by atoms with Crippen molar-refractivity contribution in [2.45, 2.75) is 314 Å². The van der Waals surface area contributed by atoms with Gasteiger partial charge in [-0.1, -0.05) is 247 Å². The maximum Gasteiger partial charge on any atom is 0.306 e. The zero-order chi connectivity index (χ0) is 56.8. The molecule has 0 spiro atoms. The minimum Gasteiger partial charge on any atom is -0.454 e. The quantitative estimate of drug-likeness (QED) is 0.0195. The molecule has 11 nitrogen and oxygen atoms in total. The van der Waals surface area contributed by atoms with Crippen molar-refractivity contribution in [3.63, 3.8) is 0 Å². The van der Waals surface area contributed by atoms with Crippen LogP contribution in [0.25, 0.3) is 0 Å². The molecule has 0 radical (unpaired) electrons. The van der Waals surface area contributed by atoms with Crippen LogP contribution in [-0.2, 0) is 23.8 Å². The highest BCUT2D eigenvalue weighted by Crippen LogP contribution is 2.26. The van der Waals surface area contributed by atoms with Gasteiger partial charge in [0.15, 0.2) is 12.4 Å². The molecule has 450 valence electrons. The van der Waals surface area contributed by atoms with E-state index in [1.807, 2.05) is 6.08 Å². The summed E-state index contributed by atoms with van der Waals surface area (Å²) in [7, 11) is 0. The molecule has 11 heteroatoms. The van der Waals surface area contributed by atoms with Crippen molar-refractivity contribution in [1.29, 1.82) is 0 Å². The predicted molar refractivity (Wildman–Crippen MR) is 324 cm³/mol. The van der Waals surface area contributed by atoms with Crippen molar-refractivity contribution >= 4 is 11.9 Å². The van der Waals surface area contributed by atoms with Crippen LogP contribution in [0, 0.1) is 0 Å². The number of hydrogen-bond acceptors (Lipinski definition) is 10. The molecule has 0 aliphatic carbocycles. The first-order chi connectivity index (χ1) is 38.2. The number of allylic oxidation sites excluding steroid dienone is 13. The summed E-state index contributed by atoms with van der Waals surface area (Å²) in [5, 5.41) is 57.0. The van der Waals surface area contributed by atoms with E-state index in [0.29, 0.717) is 12.8 Å². The lowest BCUT2D eigenvalue weighted by Crippen LogP contribution is -2.61. The van der Waals surface area contributed by atoms with Gasteiger partial charge in [0, 0.05) is 6.42 Å². The number of amides is 1. The number of hydrogen-bond donors (Lipinski definition) is 6. The third kappa shape index (κ3) is 41.8.